The molecule has 1 atom stereocenters. The Labute approximate surface area is 400 Å². The van der Waals surface area contributed by atoms with E-state index in [-0.39, 0.29) is 37.5 Å². The van der Waals surface area contributed by atoms with Gasteiger partial charge in [-0.2, -0.15) is 0 Å². The Hall–Kier alpha value is -3.67. The van der Waals surface area contributed by atoms with Gasteiger partial charge in [0.05, 0.1) is 0 Å². The zero-order valence-corrected chi connectivity index (χ0v) is 42.2. The lowest BCUT2D eigenvalue weighted by atomic mass is 10.1. The maximum atomic E-state index is 12.8. The van der Waals surface area contributed by atoms with Crippen molar-refractivity contribution in [2.75, 3.05) is 13.2 Å². The van der Waals surface area contributed by atoms with Gasteiger partial charge >= 0.3 is 17.9 Å². The largest absolute Gasteiger partial charge is 0.462 e. The van der Waals surface area contributed by atoms with Crippen LogP contribution in [0.1, 0.15) is 239 Å². The molecule has 0 aliphatic carbocycles. The van der Waals surface area contributed by atoms with Crippen molar-refractivity contribution < 1.29 is 28.6 Å². The van der Waals surface area contributed by atoms with Crippen LogP contribution < -0.4 is 0 Å². The minimum Gasteiger partial charge on any atom is -0.462 e. The summed E-state index contributed by atoms with van der Waals surface area (Å²) in [6.45, 7) is 6.39. The zero-order chi connectivity index (χ0) is 47.2. The highest BCUT2D eigenvalue weighted by molar-refractivity contribution is 5.71. The third kappa shape index (κ3) is 51.2. The van der Waals surface area contributed by atoms with Crippen molar-refractivity contribution >= 4 is 17.9 Å². The predicted molar refractivity (Wildman–Crippen MR) is 279 cm³/mol. The Bertz CT molecular complexity index is 1310. The average molecular weight is 903 g/mol. The van der Waals surface area contributed by atoms with E-state index < -0.39 is 6.10 Å². The van der Waals surface area contributed by atoms with Crippen LogP contribution in [0.3, 0.4) is 0 Å². The first kappa shape index (κ1) is 61.3. The summed E-state index contributed by atoms with van der Waals surface area (Å²) in [4.78, 5) is 38.0. The molecule has 0 spiro atoms. The minimum absolute atomic E-state index is 0.107. The number of allylic oxidation sites excluding steroid dienone is 16. The number of ether oxygens (including phenoxy) is 3. The van der Waals surface area contributed by atoms with Gasteiger partial charge in [-0.25, -0.2) is 0 Å². The van der Waals surface area contributed by atoms with E-state index in [4.69, 9.17) is 14.2 Å². The first-order valence-corrected chi connectivity index (χ1v) is 26.8. The van der Waals surface area contributed by atoms with Crippen LogP contribution in [0.5, 0.6) is 0 Å². The van der Waals surface area contributed by atoms with Gasteiger partial charge in [-0.15, -0.1) is 0 Å². The van der Waals surface area contributed by atoms with Gasteiger partial charge in [0.25, 0.3) is 0 Å². The van der Waals surface area contributed by atoms with Crippen LogP contribution in [-0.4, -0.2) is 37.2 Å². The van der Waals surface area contributed by atoms with Crippen molar-refractivity contribution in [3.63, 3.8) is 0 Å². The average Bonchev–Trinajstić information content (AvgIpc) is 3.30. The van der Waals surface area contributed by atoms with E-state index in [2.05, 4.69) is 63.3 Å². The highest BCUT2D eigenvalue weighted by Crippen LogP contribution is 2.14. The first-order valence-electron chi connectivity index (χ1n) is 26.8. The molecule has 0 N–H and O–H groups in total. The molecule has 6 nitrogen and oxygen atoms in total. The number of rotatable bonds is 47. The Morgan fingerprint density at radius 2 is 0.677 bits per heavy atom. The molecule has 0 saturated carbocycles. The number of carbonyl (C=O) groups excluding carboxylic acids is 3. The number of unbranched alkanes of at least 4 members (excludes halogenated alkanes) is 24. The van der Waals surface area contributed by atoms with E-state index in [1.54, 1.807) is 0 Å². The summed E-state index contributed by atoms with van der Waals surface area (Å²) in [7, 11) is 0. The summed E-state index contributed by atoms with van der Waals surface area (Å²) in [5, 5.41) is 0. The summed E-state index contributed by atoms with van der Waals surface area (Å²) in [6, 6.07) is 0. The van der Waals surface area contributed by atoms with Gasteiger partial charge in [-0.3, -0.25) is 14.4 Å². The molecule has 1 unspecified atom stereocenters. The summed E-state index contributed by atoms with van der Waals surface area (Å²) in [6.07, 6.45) is 69.7. The van der Waals surface area contributed by atoms with E-state index >= 15 is 0 Å². The molecule has 0 saturated heterocycles. The monoisotopic (exact) mass is 903 g/mol. The summed E-state index contributed by atoms with van der Waals surface area (Å²) in [5.74, 6) is -0.996. The van der Waals surface area contributed by atoms with E-state index in [1.165, 1.54) is 128 Å². The zero-order valence-electron chi connectivity index (χ0n) is 42.2. The van der Waals surface area contributed by atoms with Gasteiger partial charge in [0.2, 0.25) is 0 Å². The second-order valence-electron chi connectivity index (χ2n) is 17.5. The molecule has 0 rings (SSSR count). The Balaban J connectivity index is 4.48. The van der Waals surface area contributed by atoms with E-state index in [0.29, 0.717) is 19.3 Å². The van der Waals surface area contributed by atoms with Crippen LogP contribution in [0.25, 0.3) is 0 Å². The molecular weight excluding hydrogens is 805 g/mol. The summed E-state index contributed by atoms with van der Waals surface area (Å²) < 4.78 is 16.7. The third-order valence-corrected chi connectivity index (χ3v) is 11.2. The standard InChI is InChI=1S/C59H98O6/c1-4-7-10-13-16-19-22-25-27-29-31-34-37-40-43-46-49-52-58(61)64-55-56(54-63-57(60)51-48-45-42-39-36-33-24-21-18-15-12-9-6-3)65-59(62)53-50-47-44-41-38-35-32-30-28-26-23-20-17-14-11-8-5-2/h9,12,15-16,18-19,21,24-28,33,36,39,42,56H,4-8,10-11,13-14,17,20,22-23,29-32,34-35,37-38,40-41,43-55H2,1-3H3/b12-9-,18-15-,19-16-,24-21-,27-25-,28-26-,36-33-,42-39-. The van der Waals surface area contributed by atoms with Gasteiger partial charge in [-0.1, -0.05) is 227 Å². The van der Waals surface area contributed by atoms with Gasteiger partial charge in [-0.05, 0) is 89.9 Å². The topological polar surface area (TPSA) is 78.9 Å². The van der Waals surface area contributed by atoms with Crippen molar-refractivity contribution in [3.05, 3.63) is 97.2 Å². The highest BCUT2D eigenvalue weighted by atomic mass is 16.6. The fraction of sp³-hybridized carbons (Fsp3) is 0.678. The number of hydrogen-bond donors (Lipinski definition) is 0. The molecule has 0 aliphatic rings. The molecule has 0 aliphatic heterocycles. The van der Waals surface area contributed by atoms with Gasteiger partial charge in [0.15, 0.2) is 6.10 Å². The van der Waals surface area contributed by atoms with Crippen molar-refractivity contribution in [1.82, 2.24) is 0 Å². The molecule has 0 aromatic heterocycles. The van der Waals surface area contributed by atoms with Gasteiger partial charge in [0.1, 0.15) is 13.2 Å². The highest BCUT2D eigenvalue weighted by Gasteiger charge is 2.19. The molecule has 370 valence electrons. The van der Waals surface area contributed by atoms with Crippen molar-refractivity contribution in [3.8, 4) is 0 Å². The van der Waals surface area contributed by atoms with Crippen molar-refractivity contribution in [2.45, 2.75) is 245 Å². The third-order valence-electron chi connectivity index (χ3n) is 11.2. The van der Waals surface area contributed by atoms with Gasteiger partial charge < -0.3 is 14.2 Å². The number of hydrogen-bond acceptors (Lipinski definition) is 6. The second-order valence-corrected chi connectivity index (χ2v) is 17.5. The lowest BCUT2D eigenvalue weighted by Gasteiger charge is -2.18. The van der Waals surface area contributed by atoms with E-state index in [1.807, 2.05) is 54.7 Å². The Kier molecular flexibility index (Phi) is 50.0. The molecule has 0 radical (unpaired) electrons. The van der Waals surface area contributed by atoms with Crippen LogP contribution in [0.15, 0.2) is 97.2 Å². The Morgan fingerprint density at radius 3 is 1.15 bits per heavy atom. The molecule has 0 aromatic carbocycles. The molecule has 0 amide bonds. The SMILES string of the molecule is CC\C=C/C=C\C=C/C=C\C=C/CCCC(=O)OCC(COC(=O)CCCCCCCCC/C=C\C/C=C\CCCCC)OC(=O)CCCCCCCCC/C=C\CCCCCCCC. The van der Waals surface area contributed by atoms with Crippen LogP contribution in [-0.2, 0) is 28.6 Å². The van der Waals surface area contributed by atoms with E-state index in [0.717, 1.165) is 64.2 Å². The van der Waals surface area contributed by atoms with Crippen molar-refractivity contribution in [2.24, 2.45) is 0 Å². The molecule has 0 bridgehead atoms. The summed E-state index contributed by atoms with van der Waals surface area (Å²) in [5.41, 5.74) is 0. The van der Waals surface area contributed by atoms with Gasteiger partial charge in [0, 0.05) is 19.3 Å². The summed E-state index contributed by atoms with van der Waals surface area (Å²) >= 11 is 0. The maximum Gasteiger partial charge on any atom is 0.306 e. The normalized spacial score (nSPS) is 12.8. The maximum absolute atomic E-state index is 12.8. The molecule has 65 heavy (non-hydrogen) atoms. The lowest BCUT2D eigenvalue weighted by Crippen LogP contribution is -2.30. The van der Waals surface area contributed by atoms with Crippen LogP contribution in [0, 0.1) is 0 Å². The van der Waals surface area contributed by atoms with E-state index in [9.17, 15) is 14.4 Å². The van der Waals surface area contributed by atoms with Crippen LogP contribution in [0.2, 0.25) is 0 Å². The Morgan fingerprint density at radius 1 is 0.338 bits per heavy atom. The fourth-order valence-corrected chi connectivity index (χ4v) is 7.14. The molecular formula is C59H98O6. The second kappa shape index (κ2) is 52.9. The molecule has 0 fully saturated rings. The first-order chi connectivity index (χ1) is 32.0. The molecule has 0 aromatic rings. The number of esters is 3. The smallest absolute Gasteiger partial charge is 0.306 e. The predicted octanol–water partition coefficient (Wildman–Crippen LogP) is 17.8. The van der Waals surface area contributed by atoms with Crippen LogP contribution in [0.4, 0.5) is 0 Å². The van der Waals surface area contributed by atoms with Crippen LogP contribution >= 0.6 is 0 Å². The lowest BCUT2D eigenvalue weighted by molar-refractivity contribution is -0.167. The minimum atomic E-state index is -0.812. The molecule has 0 heterocycles. The quantitative estimate of drug-likeness (QED) is 0.0199. The molecule has 6 heteroatoms. The fourth-order valence-electron chi connectivity index (χ4n) is 7.14. The number of carbonyl (C=O) groups is 3. The van der Waals surface area contributed by atoms with Crippen molar-refractivity contribution in [1.29, 1.82) is 0 Å².